The molecule has 3 N–H and O–H groups in total. The van der Waals surface area contributed by atoms with Crippen LogP contribution in [0.3, 0.4) is 0 Å². The second-order valence-electron chi connectivity index (χ2n) is 17.8. The Morgan fingerprint density at radius 1 is 0.721 bits per heavy atom. The van der Waals surface area contributed by atoms with Gasteiger partial charge in [0.05, 0.1) is 49.7 Å². The molecule has 353 valence electrons. The lowest BCUT2D eigenvalue weighted by molar-refractivity contribution is -0.166. The lowest BCUT2D eigenvalue weighted by Crippen LogP contribution is -2.46. The Morgan fingerprint density at radius 3 is 1.95 bits per heavy atom. The zero-order valence-corrected chi connectivity index (χ0v) is 41.2. The topological polar surface area (TPSA) is 176 Å². The SMILES string of the molecule is CCCCC(CC(=O)CNCC)(CC(CNC(=O)CCC(=O)NCCOC(C)(C)CCOC(C)(C)CC(=O)[B]P)CN(C)CCCC(=O)CN(C)CC)OC(=O)CN(C)CC. The van der Waals surface area contributed by atoms with Crippen LogP contribution in [0, 0.1) is 5.92 Å². The molecule has 61 heavy (non-hydrogen) atoms. The second-order valence-corrected chi connectivity index (χ2v) is 18.2. The average Bonchev–Trinajstić information content (AvgIpc) is 3.18. The Hall–Kier alpha value is -2.33. The van der Waals surface area contributed by atoms with Crippen molar-refractivity contribution in [1.82, 2.24) is 30.7 Å². The van der Waals surface area contributed by atoms with Gasteiger partial charge >= 0.3 is 5.97 Å². The molecule has 17 heteroatoms. The fraction of sp³-hybridized carbons (Fsp3) is 0.864. The summed E-state index contributed by atoms with van der Waals surface area (Å²) in [6.45, 7) is 22.3. The zero-order chi connectivity index (χ0) is 46.5. The van der Waals surface area contributed by atoms with Crippen molar-refractivity contribution in [3.63, 3.8) is 0 Å². The maximum Gasteiger partial charge on any atom is 0.320 e. The first kappa shape index (κ1) is 58.7. The molecule has 0 aliphatic rings. The second kappa shape index (κ2) is 32.3. The van der Waals surface area contributed by atoms with Crippen molar-refractivity contribution in [2.24, 2.45) is 5.92 Å². The molecule has 0 saturated heterocycles. The molecule has 0 aliphatic carbocycles. The lowest BCUT2D eigenvalue weighted by atomic mass is 9.81. The highest BCUT2D eigenvalue weighted by molar-refractivity contribution is 7.62. The lowest BCUT2D eigenvalue weighted by Gasteiger charge is -2.38. The first-order chi connectivity index (χ1) is 28.6. The number of ketones is 2. The largest absolute Gasteiger partial charge is 0.458 e. The van der Waals surface area contributed by atoms with Gasteiger partial charge in [-0.25, -0.2) is 0 Å². The Balaban J connectivity index is 5.70. The number of nitrogens with zero attached hydrogens (tertiary/aromatic N) is 3. The number of esters is 1. The van der Waals surface area contributed by atoms with Gasteiger partial charge in [-0.05, 0) is 113 Å². The van der Waals surface area contributed by atoms with Crippen LogP contribution in [0.15, 0.2) is 0 Å². The number of nitrogens with one attached hydrogen (secondary N) is 3. The van der Waals surface area contributed by atoms with Crippen molar-refractivity contribution in [3.8, 4) is 0 Å². The molecular formula is C44H85BN6O9P. The number of hydrogen-bond donors (Lipinski definition) is 3. The van der Waals surface area contributed by atoms with Gasteiger partial charge in [-0.2, -0.15) is 9.12 Å². The van der Waals surface area contributed by atoms with Crippen molar-refractivity contribution in [2.45, 2.75) is 143 Å². The first-order valence-corrected chi connectivity index (χ1v) is 23.2. The maximum atomic E-state index is 13.4. The summed E-state index contributed by atoms with van der Waals surface area (Å²) in [5, 5.41) is 8.97. The highest BCUT2D eigenvalue weighted by atomic mass is 31.0. The minimum atomic E-state index is -1.07. The summed E-state index contributed by atoms with van der Waals surface area (Å²) in [6, 6.07) is 0. The number of ether oxygens (including phenoxy) is 3. The summed E-state index contributed by atoms with van der Waals surface area (Å²) in [5.41, 5.74) is -2.17. The van der Waals surface area contributed by atoms with Gasteiger partial charge in [-0.1, -0.05) is 34.1 Å². The Bertz CT molecular complexity index is 1310. The number of Topliss-reactive ketones (excluding diaryl/α,β-unsaturated/α-hetero) is 2. The summed E-state index contributed by atoms with van der Waals surface area (Å²) in [4.78, 5) is 83.0. The molecule has 0 aromatic heterocycles. The van der Waals surface area contributed by atoms with Crippen molar-refractivity contribution < 1.29 is 43.0 Å². The molecule has 3 atom stereocenters. The molecule has 0 spiro atoms. The third-order valence-electron chi connectivity index (χ3n) is 10.6. The number of rotatable bonds is 39. The summed E-state index contributed by atoms with van der Waals surface area (Å²) in [7, 11) is 8.07. The van der Waals surface area contributed by atoms with E-state index in [1.165, 1.54) is 7.00 Å². The highest BCUT2D eigenvalue weighted by Crippen LogP contribution is 2.32. The van der Waals surface area contributed by atoms with E-state index in [9.17, 15) is 28.8 Å². The smallest absolute Gasteiger partial charge is 0.320 e. The molecule has 0 aliphatic heterocycles. The fourth-order valence-corrected chi connectivity index (χ4v) is 6.95. The van der Waals surface area contributed by atoms with Gasteiger partial charge in [0.25, 0.3) is 0 Å². The summed E-state index contributed by atoms with van der Waals surface area (Å²) in [5.74, 6) is -1.01. The van der Waals surface area contributed by atoms with Gasteiger partial charge in [0.2, 0.25) is 18.8 Å². The molecular weight excluding hydrogens is 798 g/mol. The fourth-order valence-electron chi connectivity index (χ4n) is 6.83. The number of carbonyl (C=O) groups is 6. The van der Waals surface area contributed by atoms with Crippen molar-refractivity contribution in [2.75, 3.05) is 99.8 Å². The van der Waals surface area contributed by atoms with Crippen LogP contribution in [0.4, 0.5) is 0 Å². The highest BCUT2D eigenvalue weighted by Gasteiger charge is 2.39. The third kappa shape index (κ3) is 30.4. The number of unbranched alkanes of at least 4 members (excludes halogenated alkanes) is 1. The van der Waals surface area contributed by atoms with Crippen molar-refractivity contribution >= 4 is 51.2 Å². The van der Waals surface area contributed by atoms with E-state index in [4.69, 9.17) is 14.2 Å². The van der Waals surface area contributed by atoms with Crippen LogP contribution in [-0.4, -0.2) is 173 Å². The van der Waals surface area contributed by atoms with E-state index in [0.29, 0.717) is 71.4 Å². The van der Waals surface area contributed by atoms with Crippen molar-refractivity contribution in [1.29, 1.82) is 0 Å². The minimum Gasteiger partial charge on any atom is -0.458 e. The molecule has 0 fully saturated rings. The molecule has 2 amide bonds. The van der Waals surface area contributed by atoms with Crippen molar-refractivity contribution in [3.05, 3.63) is 0 Å². The molecule has 0 aromatic carbocycles. The number of hydrogen-bond acceptors (Lipinski definition) is 13. The average molecular weight is 884 g/mol. The van der Waals surface area contributed by atoms with Crippen LogP contribution < -0.4 is 16.0 Å². The monoisotopic (exact) mass is 884 g/mol. The van der Waals surface area contributed by atoms with Crippen LogP contribution in [0.25, 0.3) is 0 Å². The number of amides is 2. The molecule has 15 nitrogen and oxygen atoms in total. The number of likely N-dealkylation sites (N-methyl/N-ethyl adjacent to an activating group) is 3. The normalized spacial score (nSPS) is 13.6. The van der Waals surface area contributed by atoms with E-state index >= 15 is 0 Å². The zero-order valence-electron chi connectivity index (χ0n) is 40.0. The summed E-state index contributed by atoms with van der Waals surface area (Å²) in [6.07, 6.45) is 4.52. The molecule has 0 aromatic rings. The van der Waals surface area contributed by atoms with Crippen LogP contribution in [-0.2, 0) is 43.0 Å². The van der Waals surface area contributed by atoms with Gasteiger partial charge in [-0.3, -0.25) is 33.8 Å². The van der Waals surface area contributed by atoms with Gasteiger partial charge < -0.3 is 39.9 Å². The Morgan fingerprint density at radius 2 is 1.34 bits per heavy atom. The quantitative estimate of drug-likeness (QED) is 0.0354. The van der Waals surface area contributed by atoms with E-state index in [1.54, 1.807) is 0 Å². The molecule has 0 heterocycles. The molecule has 3 unspecified atom stereocenters. The van der Waals surface area contributed by atoms with E-state index < -0.39 is 22.8 Å². The van der Waals surface area contributed by atoms with Crippen LogP contribution in [0.5, 0.6) is 0 Å². The van der Waals surface area contributed by atoms with Crippen LogP contribution in [0.2, 0.25) is 0 Å². The third-order valence-corrected chi connectivity index (χ3v) is 11.0. The minimum absolute atomic E-state index is 0.000858. The standard InChI is InChI=1S/C44H85BN6O9P/c1-12-16-21-44(28-37(53)31-46-13-2,60-41(57)34-50(10)15-4)27-35(32-51(11)24-17-18-36(52)33-49(9)14-3)30-48-40(56)20-19-39(55)47-23-26-59-42(5,6)22-25-58-43(7,8)29-38(54)45-61/h35,46H,12-34,61H2,1-11H3,(H,47,55)(H,48,56). The summed E-state index contributed by atoms with van der Waals surface area (Å²) >= 11 is 0. The summed E-state index contributed by atoms with van der Waals surface area (Å²) < 4.78 is 18.3. The maximum absolute atomic E-state index is 13.4. The molecule has 0 saturated carbocycles. The number of carbonyl (C=O) groups excluding carboxylic acids is 6. The van der Waals surface area contributed by atoms with E-state index in [-0.39, 0.29) is 93.5 Å². The van der Waals surface area contributed by atoms with Gasteiger partial charge in [-0.15, -0.1) is 0 Å². The van der Waals surface area contributed by atoms with Crippen LogP contribution in [0.1, 0.15) is 126 Å². The molecule has 0 bridgehead atoms. The predicted molar refractivity (Wildman–Crippen MR) is 248 cm³/mol. The molecule has 1 radical (unpaired) electrons. The molecule has 0 rings (SSSR count). The Labute approximate surface area is 372 Å². The van der Waals surface area contributed by atoms with Gasteiger partial charge in [0.15, 0.2) is 5.78 Å². The van der Waals surface area contributed by atoms with E-state index in [2.05, 4.69) is 36.9 Å². The van der Waals surface area contributed by atoms with Gasteiger partial charge in [0.1, 0.15) is 11.4 Å². The first-order valence-electron chi connectivity index (χ1n) is 22.5. The van der Waals surface area contributed by atoms with Crippen LogP contribution >= 0.6 is 9.12 Å². The van der Waals surface area contributed by atoms with Gasteiger partial charge in [0, 0.05) is 51.7 Å². The van der Waals surface area contributed by atoms with E-state index in [0.717, 1.165) is 19.4 Å². The van der Waals surface area contributed by atoms with E-state index in [1.807, 2.05) is 79.4 Å². The predicted octanol–water partition coefficient (Wildman–Crippen LogP) is 3.62. The Kier molecular flexibility index (Phi) is 31.1.